The highest BCUT2D eigenvalue weighted by Crippen LogP contribution is 2.19. The molecule has 2 rings (SSSR count). The Balaban J connectivity index is 1.66. The summed E-state index contributed by atoms with van der Waals surface area (Å²) in [4.78, 5) is 2.50. The molecule has 1 saturated heterocycles. The van der Waals surface area contributed by atoms with Gasteiger partial charge in [-0.25, -0.2) is 0 Å². The molecule has 118 valence electrons. The largest absolute Gasteiger partial charge is 0.434 e. The van der Waals surface area contributed by atoms with Crippen molar-refractivity contribution in [3.8, 4) is 5.75 Å². The molecule has 1 aromatic carbocycles. The van der Waals surface area contributed by atoms with Crippen molar-refractivity contribution in [2.45, 2.75) is 38.8 Å². The van der Waals surface area contributed by atoms with Gasteiger partial charge in [0.15, 0.2) is 0 Å². The molecule has 1 fully saturated rings. The summed E-state index contributed by atoms with van der Waals surface area (Å²) in [7, 11) is 0. The van der Waals surface area contributed by atoms with Crippen LogP contribution >= 0.6 is 0 Å². The fourth-order valence-electron chi connectivity index (χ4n) is 2.69. The second kappa shape index (κ2) is 8.95. The first-order chi connectivity index (χ1) is 10.3. The predicted molar refractivity (Wildman–Crippen MR) is 79.7 cm³/mol. The van der Waals surface area contributed by atoms with Gasteiger partial charge in [0, 0.05) is 12.1 Å². The number of benzene rings is 1. The lowest BCUT2D eigenvalue weighted by atomic mass is 10.1. The number of nitrogens with zero attached hydrogens (tertiary/aromatic N) is 1. The van der Waals surface area contributed by atoms with Crippen LogP contribution in [0.15, 0.2) is 24.3 Å². The fourth-order valence-corrected chi connectivity index (χ4v) is 2.69. The van der Waals surface area contributed by atoms with E-state index in [2.05, 4.69) is 15.0 Å². The molecule has 21 heavy (non-hydrogen) atoms. The van der Waals surface area contributed by atoms with Gasteiger partial charge in [-0.05, 0) is 51.5 Å². The number of para-hydroxylation sites is 1. The molecule has 0 atom stereocenters. The molecule has 1 N–H and O–H groups in total. The van der Waals surface area contributed by atoms with Gasteiger partial charge in [0.05, 0.1) is 0 Å². The minimum Gasteiger partial charge on any atom is -0.434 e. The van der Waals surface area contributed by atoms with Gasteiger partial charge in [0.1, 0.15) is 5.75 Å². The number of piperidine rings is 1. The van der Waals surface area contributed by atoms with E-state index in [4.69, 9.17) is 0 Å². The van der Waals surface area contributed by atoms with Crippen molar-refractivity contribution in [3.63, 3.8) is 0 Å². The second-order valence-corrected chi connectivity index (χ2v) is 5.42. The third kappa shape index (κ3) is 5.98. The molecule has 0 amide bonds. The van der Waals surface area contributed by atoms with E-state index in [9.17, 15) is 8.78 Å². The molecule has 1 aliphatic heterocycles. The number of hydrogen-bond acceptors (Lipinski definition) is 3. The average Bonchev–Trinajstić information content (AvgIpc) is 2.49. The molecule has 3 nitrogen and oxygen atoms in total. The first-order valence-electron chi connectivity index (χ1n) is 7.71. The van der Waals surface area contributed by atoms with E-state index < -0.39 is 6.61 Å². The quantitative estimate of drug-likeness (QED) is 0.746. The van der Waals surface area contributed by atoms with Crippen LogP contribution in [-0.4, -0.2) is 37.7 Å². The first kappa shape index (κ1) is 16.2. The van der Waals surface area contributed by atoms with Gasteiger partial charge in [-0.15, -0.1) is 0 Å². The van der Waals surface area contributed by atoms with E-state index in [1.165, 1.54) is 32.4 Å². The SMILES string of the molecule is FC(F)Oc1ccccc1CNCCCN1CCCCC1. The second-order valence-electron chi connectivity index (χ2n) is 5.42. The number of likely N-dealkylation sites (tertiary alicyclic amines) is 1. The summed E-state index contributed by atoms with van der Waals surface area (Å²) in [6.07, 6.45) is 5.06. The minimum absolute atomic E-state index is 0.260. The van der Waals surface area contributed by atoms with Crippen LogP contribution in [0.3, 0.4) is 0 Å². The summed E-state index contributed by atoms with van der Waals surface area (Å²) >= 11 is 0. The molecule has 1 heterocycles. The van der Waals surface area contributed by atoms with Gasteiger partial charge in [-0.2, -0.15) is 8.78 Å². The Morgan fingerprint density at radius 2 is 1.90 bits per heavy atom. The zero-order valence-electron chi connectivity index (χ0n) is 12.4. The van der Waals surface area contributed by atoms with Crippen molar-refractivity contribution in [2.75, 3.05) is 26.2 Å². The Kier molecular flexibility index (Phi) is 6.89. The van der Waals surface area contributed by atoms with Gasteiger partial charge in [-0.3, -0.25) is 0 Å². The highest BCUT2D eigenvalue weighted by atomic mass is 19.3. The zero-order valence-corrected chi connectivity index (χ0v) is 12.4. The lowest BCUT2D eigenvalue weighted by Crippen LogP contribution is -2.32. The van der Waals surface area contributed by atoms with Crippen LogP contribution in [0, 0.1) is 0 Å². The smallest absolute Gasteiger partial charge is 0.387 e. The average molecular weight is 298 g/mol. The van der Waals surface area contributed by atoms with E-state index in [1.54, 1.807) is 12.1 Å². The number of hydrogen-bond donors (Lipinski definition) is 1. The van der Waals surface area contributed by atoms with E-state index in [1.807, 2.05) is 12.1 Å². The van der Waals surface area contributed by atoms with E-state index in [0.717, 1.165) is 25.1 Å². The molecule has 1 aromatic rings. The van der Waals surface area contributed by atoms with Crippen LogP contribution in [0.4, 0.5) is 8.78 Å². The summed E-state index contributed by atoms with van der Waals surface area (Å²) in [6.45, 7) is 2.21. The molecule has 0 aromatic heterocycles. The van der Waals surface area contributed by atoms with Crippen molar-refractivity contribution in [1.82, 2.24) is 10.2 Å². The number of ether oxygens (including phenoxy) is 1. The van der Waals surface area contributed by atoms with E-state index in [-0.39, 0.29) is 5.75 Å². The molecule has 0 saturated carbocycles. The highest BCUT2D eigenvalue weighted by molar-refractivity contribution is 5.33. The van der Waals surface area contributed by atoms with Gasteiger partial charge in [-0.1, -0.05) is 24.6 Å². The van der Waals surface area contributed by atoms with E-state index >= 15 is 0 Å². The van der Waals surface area contributed by atoms with Crippen molar-refractivity contribution in [3.05, 3.63) is 29.8 Å². The molecular formula is C16H24F2N2O. The van der Waals surface area contributed by atoms with Gasteiger partial charge < -0.3 is 15.0 Å². The Bertz CT molecular complexity index is 409. The van der Waals surface area contributed by atoms with Crippen molar-refractivity contribution in [1.29, 1.82) is 0 Å². The molecule has 1 aliphatic rings. The van der Waals surface area contributed by atoms with Crippen LogP contribution in [0.1, 0.15) is 31.2 Å². The Hall–Kier alpha value is -1.20. The molecule has 0 aliphatic carbocycles. The summed E-state index contributed by atoms with van der Waals surface area (Å²) in [5, 5.41) is 3.30. The summed E-state index contributed by atoms with van der Waals surface area (Å²) in [5.41, 5.74) is 0.774. The van der Waals surface area contributed by atoms with Crippen molar-refractivity contribution >= 4 is 0 Å². The molecular weight excluding hydrogens is 274 g/mol. The molecule has 0 unspecified atom stereocenters. The van der Waals surface area contributed by atoms with Gasteiger partial charge in [0.2, 0.25) is 0 Å². The van der Waals surface area contributed by atoms with E-state index in [0.29, 0.717) is 6.54 Å². The van der Waals surface area contributed by atoms with Gasteiger partial charge in [0.25, 0.3) is 0 Å². The maximum atomic E-state index is 12.3. The first-order valence-corrected chi connectivity index (χ1v) is 7.71. The lowest BCUT2D eigenvalue weighted by molar-refractivity contribution is -0.0504. The maximum Gasteiger partial charge on any atom is 0.387 e. The number of alkyl halides is 2. The molecule has 0 bridgehead atoms. The summed E-state index contributed by atoms with van der Waals surface area (Å²) in [6, 6.07) is 6.94. The van der Waals surface area contributed by atoms with Crippen molar-refractivity contribution in [2.24, 2.45) is 0 Å². The number of nitrogens with one attached hydrogen (secondary N) is 1. The third-order valence-corrected chi connectivity index (χ3v) is 3.78. The Morgan fingerprint density at radius 3 is 2.67 bits per heavy atom. The Morgan fingerprint density at radius 1 is 1.14 bits per heavy atom. The molecule has 0 spiro atoms. The monoisotopic (exact) mass is 298 g/mol. The number of rotatable bonds is 8. The lowest BCUT2D eigenvalue weighted by Gasteiger charge is -2.26. The van der Waals surface area contributed by atoms with Crippen LogP contribution in [0.25, 0.3) is 0 Å². The predicted octanol–water partition coefficient (Wildman–Crippen LogP) is 3.25. The number of halogens is 2. The Labute approximate surface area is 125 Å². The minimum atomic E-state index is -2.77. The third-order valence-electron chi connectivity index (χ3n) is 3.78. The topological polar surface area (TPSA) is 24.5 Å². The van der Waals surface area contributed by atoms with Gasteiger partial charge >= 0.3 is 6.61 Å². The maximum absolute atomic E-state index is 12.3. The van der Waals surface area contributed by atoms with Crippen LogP contribution in [0.2, 0.25) is 0 Å². The fraction of sp³-hybridized carbons (Fsp3) is 0.625. The van der Waals surface area contributed by atoms with Crippen LogP contribution < -0.4 is 10.1 Å². The van der Waals surface area contributed by atoms with Crippen molar-refractivity contribution < 1.29 is 13.5 Å². The standard InChI is InChI=1S/C16H24F2N2O/c17-16(18)21-15-8-3-2-7-14(15)13-19-9-6-12-20-10-4-1-5-11-20/h2-3,7-8,16,19H,1,4-6,9-13H2. The highest BCUT2D eigenvalue weighted by Gasteiger charge is 2.10. The zero-order chi connectivity index (χ0) is 14.9. The molecule has 0 radical (unpaired) electrons. The summed E-state index contributed by atoms with van der Waals surface area (Å²) in [5.74, 6) is 0.260. The molecule has 5 heteroatoms. The normalized spacial score (nSPS) is 16.3. The summed E-state index contributed by atoms with van der Waals surface area (Å²) < 4.78 is 29.1. The van der Waals surface area contributed by atoms with Crippen LogP contribution in [0.5, 0.6) is 5.75 Å². The van der Waals surface area contributed by atoms with Crippen LogP contribution in [-0.2, 0) is 6.54 Å².